The Balaban J connectivity index is 2.21. The Kier molecular flexibility index (Phi) is 4.89. The number of hydrogen-bond acceptors (Lipinski definition) is 3. The average Bonchev–Trinajstić information content (AvgIpc) is 2.58. The lowest BCUT2D eigenvalue weighted by molar-refractivity contribution is 0.310. The van der Waals surface area contributed by atoms with Crippen molar-refractivity contribution in [1.29, 1.82) is 0 Å². The second-order valence-corrected chi connectivity index (χ2v) is 5.80. The van der Waals surface area contributed by atoms with Gasteiger partial charge < -0.3 is 9.15 Å². The van der Waals surface area contributed by atoms with Gasteiger partial charge in [-0.05, 0) is 24.6 Å². The minimum absolute atomic E-state index is 0.191. The fourth-order valence-corrected chi connectivity index (χ4v) is 2.57. The number of hydrogen-bond donors (Lipinski definition) is 0. The SMILES string of the molecule is O=c1c(OCCCCl)c(-c2ccccc2)oc2ccc(Cl)cc12. The van der Waals surface area contributed by atoms with E-state index in [0.717, 1.165) is 5.56 Å². The second-order valence-electron chi connectivity index (χ2n) is 4.99. The van der Waals surface area contributed by atoms with Gasteiger partial charge in [-0.3, -0.25) is 4.79 Å². The van der Waals surface area contributed by atoms with E-state index in [1.807, 2.05) is 30.3 Å². The number of halogens is 2. The van der Waals surface area contributed by atoms with E-state index in [9.17, 15) is 4.79 Å². The predicted molar refractivity (Wildman–Crippen MR) is 93.8 cm³/mol. The number of ether oxygens (including phenoxy) is 1. The van der Waals surface area contributed by atoms with Crippen LogP contribution in [0.25, 0.3) is 22.3 Å². The molecule has 3 aromatic rings. The Morgan fingerprint density at radius 1 is 1.09 bits per heavy atom. The van der Waals surface area contributed by atoms with E-state index in [2.05, 4.69) is 0 Å². The molecular weight excluding hydrogens is 335 g/mol. The molecule has 0 fully saturated rings. The van der Waals surface area contributed by atoms with E-state index < -0.39 is 0 Å². The number of benzene rings is 2. The van der Waals surface area contributed by atoms with Gasteiger partial charge in [0.25, 0.3) is 0 Å². The van der Waals surface area contributed by atoms with E-state index in [1.165, 1.54) is 0 Å². The van der Waals surface area contributed by atoms with Crippen LogP contribution in [-0.4, -0.2) is 12.5 Å². The van der Waals surface area contributed by atoms with Crippen LogP contribution in [0.3, 0.4) is 0 Å². The van der Waals surface area contributed by atoms with Gasteiger partial charge in [-0.25, -0.2) is 0 Å². The van der Waals surface area contributed by atoms with Crippen molar-refractivity contribution in [2.45, 2.75) is 6.42 Å². The van der Waals surface area contributed by atoms with Gasteiger partial charge in [0.05, 0.1) is 12.0 Å². The maximum atomic E-state index is 12.8. The zero-order chi connectivity index (χ0) is 16.2. The highest BCUT2D eigenvalue weighted by Gasteiger charge is 2.17. The summed E-state index contributed by atoms with van der Waals surface area (Å²) in [4.78, 5) is 12.8. The summed E-state index contributed by atoms with van der Waals surface area (Å²) in [6, 6.07) is 14.4. The van der Waals surface area contributed by atoms with Crippen molar-refractivity contribution in [3.63, 3.8) is 0 Å². The molecule has 0 N–H and O–H groups in total. The Labute approximate surface area is 143 Å². The van der Waals surface area contributed by atoms with Gasteiger partial charge in [0.1, 0.15) is 5.58 Å². The van der Waals surface area contributed by atoms with Crippen molar-refractivity contribution in [2.75, 3.05) is 12.5 Å². The molecule has 0 saturated carbocycles. The van der Waals surface area contributed by atoms with Crippen LogP contribution in [0.2, 0.25) is 5.02 Å². The summed E-state index contributed by atoms with van der Waals surface area (Å²) >= 11 is 11.7. The number of fused-ring (bicyclic) bond motifs is 1. The predicted octanol–water partition coefficient (Wildman–Crippen LogP) is 5.12. The number of alkyl halides is 1. The first kappa shape index (κ1) is 15.9. The van der Waals surface area contributed by atoms with Gasteiger partial charge in [0, 0.05) is 16.5 Å². The highest BCUT2D eigenvalue weighted by atomic mass is 35.5. The summed E-state index contributed by atoms with van der Waals surface area (Å²) in [5.41, 5.74) is 1.02. The summed E-state index contributed by atoms with van der Waals surface area (Å²) in [5, 5.41) is 0.877. The van der Waals surface area contributed by atoms with Gasteiger partial charge in [-0.15, -0.1) is 11.6 Å². The summed E-state index contributed by atoms with van der Waals surface area (Å²) in [6.45, 7) is 0.347. The molecule has 0 unspecified atom stereocenters. The molecule has 2 aromatic carbocycles. The standard InChI is InChI=1S/C18H14Cl2O3/c19-9-4-10-22-18-16(21)14-11-13(20)7-8-15(14)23-17(18)12-5-2-1-3-6-12/h1-3,5-8,11H,4,9-10H2. The third-order valence-corrected chi connectivity index (χ3v) is 3.87. The van der Waals surface area contributed by atoms with Crippen molar-refractivity contribution < 1.29 is 9.15 Å². The van der Waals surface area contributed by atoms with Gasteiger partial charge in [-0.2, -0.15) is 0 Å². The van der Waals surface area contributed by atoms with Crippen LogP contribution in [0.4, 0.5) is 0 Å². The lowest BCUT2D eigenvalue weighted by Gasteiger charge is -2.11. The third kappa shape index (κ3) is 3.36. The smallest absolute Gasteiger partial charge is 0.235 e. The first-order valence-electron chi connectivity index (χ1n) is 7.21. The molecule has 0 atom stereocenters. The highest BCUT2D eigenvalue weighted by Crippen LogP contribution is 2.31. The molecule has 5 heteroatoms. The molecule has 0 aliphatic rings. The van der Waals surface area contributed by atoms with Gasteiger partial charge >= 0.3 is 0 Å². The largest absolute Gasteiger partial charge is 0.486 e. The summed E-state index contributed by atoms with van der Waals surface area (Å²) in [6.07, 6.45) is 0.642. The van der Waals surface area contributed by atoms with Gasteiger partial charge in [0.2, 0.25) is 11.2 Å². The minimum Gasteiger partial charge on any atom is -0.486 e. The maximum absolute atomic E-state index is 12.8. The van der Waals surface area contributed by atoms with E-state index in [4.69, 9.17) is 32.4 Å². The molecule has 0 radical (unpaired) electrons. The van der Waals surface area contributed by atoms with Gasteiger partial charge in [0.15, 0.2) is 5.76 Å². The van der Waals surface area contributed by atoms with E-state index in [1.54, 1.807) is 18.2 Å². The van der Waals surface area contributed by atoms with E-state index in [0.29, 0.717) is 40.7 Å². The zero-order valence-electron chi connectivity index (χ0n) is 12.2. The third-order valence-electron chi connectivity index (χ3n) is 3.37. The van der Waals surface area contributed by atoms with Crippen molar-refractivity contribution in [1.82, 2.24) is 0 Å². The molecule has 118 valence electrons. The lowest BCUT2D eigenvalue weighted by Crippen LogP contribution is -2.11. The molecule has 0 amide bonds. The van der Waals surface area contributed by atoms with Crippen LogP contribution in [0.5, 0.6) is 5.75 Å². The van der Waals surface area contributed by atoms with E-state index >= 15 is 0 Å². The van der Waals surface area contributed by atoms with Crippen LogP contribution in [0, 0.1) is 0 Å². The summed E-state index contributed by atoms with van der Waals surface area (Å²) < 4.78 is 11.6. The molecule has 0 bridgehead atoms. The fraction of sp³-hybridized carbons (Fsp3) is 0.167. The molecule has 0 aliphatic carbocycles. The van der Waals surface area contributed by atoms with E-state index in [-0.39, 0.29) is 11.2 Å². The van der Waals surface area contributed by atoms with Crippen molar-refractivity contribution in [3.05, 3.63) is 63.8 Å². The molecule has 0 saturated heterocycles. The number of rotatable bonds is 5. The molecule has 0 spiro atoms. The molecule has 1 aromatic heterocycles. The van der Waals surface area contributed by atoms with Gasteiger partial charge in [-0.1, -0.05) is 41.9 Å². The normalized spacial score (nSPS) is 10.9. The van der Waals surface area contributed by atoms with Crippen molar-refractivity contribution in [2.24, 2.45) is 0 Å². The summed E-state index contributed by atoms with van der Waals surface area (Å²) in [5.74, 6) is 1.07. The minimum atomic E-state index is -0.234. The van der Waals surface area contributed by atoms with Crippen molar-refractivity contribution >= 4 is 34.2 Å². The molecule has 3 rings (SSSR count). The molecular formula is C18H14Cl2O3. The fourth-order valence-electron chi connectivity index (χ4n) is 2.29. The first-order chi connectivity index (χ1) is 11.2. The zero-order valence-corrected chi connectivity index (χ0v) is 13.7. The van der Waals surface area contributed by atoms with Crippen LogP contribution in [-0.2, 0) is 0 Å². The highest BCUT2D eigenvalue weighted by molar-refractivity contribution is 6.31. The quantitative estimate of drug-likeness (QED) is 0.474. The topological polar surface area (TPSA) is 39.4 Å². The lowest BCUT2D eigenvalue weighted by atomic mass is 10.1. The van der Waals surface area contributed by atoms with Crippen LogP contribution < -0.4 is 10.2 Å². The van der Waals surface area contributed by atoms with Crippen LogP contribution in [0.1, 0.15) is 6.42 Å². The van der Waals surface area contributed by atoms with Crippen LogP contribution in [0.15, 0.2) is 57.7 Å². The Hall–Kier alpha value is -1.97. The molecule has 3 nitrogen and oxygen atoms in total. The molecule has 1 heterocycles. The van der Waals surface area contributed by atoms with Crippen LogP contribution >= 0.6 is 23.2 Å². The second kappa shape index (κ2) is 7.07. The average molecular weight is 349 g/mol. The monoisotopic (exact) mass is 348 g/mol. The Morgan fingerprint density at radius 2 is 1.87 bits per heavy atom. The molecule has 0 aliphatic heterocycles. The first-order valence-corrected chi connectivity index (χ1v) is 8.12. The Bertz CT molecular complexity index is 873. The van der Waals surface area contributed by atoms with Crippen molar-refractivity contribution in [3.8, 4) is 17.1 Å². The summed E-state index contributed by atoms with van der Waals surface area (Å²) in [7, 11) is 0. The Morgan fingerprint density at radius 3 is 2.61 bits per heavy atom. The molecule has 23 heavy (non-hydrogen) atoms. The maximum Gasteiger partial charge on any atom is 0.235 e.